The minimum absolute atomic E-state index is 0.0206. The van der Waals surface area contributed by atoms with Crippen LogP contribution in [0.15, 0.2) is 73.1 Å². The molecule has 0 aliphatic heterocycles. The van der Waals surface area contributed by atoms with Crippen LogP contribution < -0.4 is 15.8 Å². The Morgan fingerprint density at radius 3 is 2.74 bits per heavy atom. The average molecular weight is 546 g/mol. The number of carbonyl (C=O) groups is 3. The summed E-state index contributed by atoms with van der Waals surface area (Å²) in [5, 5.41) is 3.18. The van der Waals surface area contributed by atoms with E-state index in [4.69, 9.17) is 10.5 Å². The number of fused-ring (bicyclic) bond motifs is 1. The van der Waals surface area contributed by atoms with Crippen molar-refractivity contribution >= 4 is 50.5 Å². The van der Waals surface area contributed by atoms with Crippen molar-refractivity contribution < 1.29 is 23.5 Å². The second kappa shape index (κ2) is 12.1. The predicted octanol–water partition coefficient (Wildman–Crippen LogP) is 4.91. The van der Waals surface area contributed by atoms with Gasteiger partial charge in [0.15, 0.2) is 16.7 Å². The molecule has 11 heteroatoms. The molecule has 0 fully saturated rings. The molecule has 4 rings (SSSR count). The topological polar surface area (TPSA) is 128 Å². The maximum Gasteiger partial charge on any atom is 0.254 e. The number of rotatable bonds is 10. The van der Waals surface area contributed by atoms with Crippen LogP contribution in [0.25, 0.3) is 15.8 Å². The maximum absolute atomic E-state index is 14.7. The van der Waals surface area contributed by atoms with Crippen molar-refractivity contribution in [2.75, 3.05) is 12.4 Å². The Hall–Kier alpha value is -4.90. The van der Waals surface area contributed by atoms with Gasteiger partial charge in [-0.3, -0.25) is 14.4 Å². The third kappa shape index (κ3) is 6.70. The van der Waals surface area contributed by atoms with Gasteiger partial charge in [-0.25, -0.2) is 14.4 Å². The molecule has 39 heavy (non-hydrogen) atoms. The molecule has 198 valence electrons. The summed E-state index contributed by atoms with van der Waals surface area (Å²) in [6, 6.07) is 12.8. The molecule has 2 aromatic heterocycles. The highest BCUT2D eigenvalue weighted by Gasteiger charge is 2.15. The third-order valence-electron chi connectivity index (χ3n) is 5.54. The van der Waals surface area contributed by atoms with Gasteiger partial charge in [0.2, 0.25) is 18.2 Å². The van der Waals surface area contributed by atoms with E-state index in [1.807, 2.05) is 37.3 Å². The van der Waals surface area contributed by atoms with Gasteiger partial charge < -0.3 is 20.7 Å². The van der Waals surface area contributed by atoms with E-state index in [0.29, 0.717) is 22.6 Å². The van der Waals surface area contributed by atoms with E-state index in [9.17, 15) is 18.8 Å². The van der Waals surface area contributed by atoms with Gasteiger partial charge in [0.25, 0.3) is 5.91 Å². The summed E-state index contributed by atoms with van der Waals surface area (Å²) < 4.78 is 21.0. The van der Waals surface area contributed by atoms with E-state index in [-0.39, 0.29) is 29.5 Å². The molecule has 0 spiro atoms. The summed E-state index contributed by atoms with van der Waals surface area (Å²) in [5.74, 6) is -2.10. The number of anilines is 1. The number of benzene rings is 2. The molecule has 0 saturated heterocycles. The van der Waals surface area contributed by atoms with Gasteiger partial charge in [-0.2, -0.15) is 0 Å². The number of hydrogen-bond donors (Lipinski definition) is 2. The first-order chi connectivity index (χ1) is 18.8. The van der Waals surface area contributed by atoms with Gasteiger partial charge in [0, 0.05) is 19.4 Å². The van der Waals surface area contributed by atoms with Crippen LogP contribution in [0.2, 0.25) is 0 Å². The molecule has 0 aliphatic rings. The van der Waals surface area contributed by atoms with Crippen molar-refractivity contribution in [3.05, 3.63) is 95.6 Å². The number of nitrogens with two attached hydrogens (primary N) is 1. The fourth-order valence-electron chi connectivity index (χ4n) is 3.60. The monoisotopic (exact) mass is 545 g/mol. The molecule has 4 aromatic rings. The van der Waals surface area contributed by atoms with E-state index < -0.39 is 11.7 Å². The number of allylic oxidation sites excluding steroid dienone is 3. The fourth-order valence-corrected chi connectivity index (χ4v) is 4.46. The molecule has 0 saturated carbocycles. The molecule has 3 N–H and O–H groups in total. The third-order valence-corrected chi connectivity index (χ3v) is 6.49. The smallest absolute Gasteiger partial charge is 0.254 e. The lowest BCUT2D eigenvalue weighted by atomic mass is 10.1. The van der Waals surface area contributed by atoms with E-state index in [1.165, 1.54) is 46.7 Å². The number of carbonyl (C=O) groups excluding carboxylic acids is 3. The number of thiazole rings is 1. The second-order valence-corrected chi connectivity index (χ2v) is 9.37. The molecule has 2 heterocycles. The molecule has 0 bridgehead atoms. The first-order valence-corrected chi connectivity index (χ1v) is 12.5. The van der Waals surface area contributed by atoms with Crippen LogP contribution in [-0.2, 0) is 16.0 Å². The minimum atomic E-state index is -0.751. The summed E-state index contributed by atoms with van der Waals surface area (Å²) in [4.78, 5) is 44.9. The summed E-state index contributed by atoms with van der Waals surface area (Å²) in [7, 11) is 1.65. The SMILES string of the molecule is C/C=C(\C=C/N(C)C=O)c1ccc2sc(NC(=O)Cc3ccc(Oc4ncccc4C(N)=O)c(F)c3)nc2c1. The van der Waals surface area contributed by atoms with Crippen molar-refractivity contribution in [2.45, 2.75) is 13.3 Å². The van der Waals surface area contributed by atoms with Crippen LogP contribution in [0.3, 0.4) is 0 Å². The Labute approximate surface area is 227 Å². The summed E-state index contributed by atoms with van der Waals surface area (Å²) >= 11 is 1.32. The first-order valence-electron chi connectivity index (χ1n) is 11.7. The Kier molecular flexibility index (Phi) is 8.42. The molecular formula is C28H24FN5O4S. The zero-order valence-electron chi connectivity index (χ0n) is 21.1. The van der Waals surface area contributed by atoms with Crippen molar-refractivity contribution in [3.8, 4) is 11.6 Å². The molecule has 2 aromatic carbocycles. The maximum atomic E-state index is 14.7. The quantitative estimate of drug-likeness (QED) is 0.215. The van der Waals surface area contributed by atoms with Crippen LogP contribution in [0.4, 0.5) is 9.52 Å². The zero-order valence-corrected chi connectivity index (χ0v) is 21.9. The number of aromatic nitrogens is 2. The van der Waals surface area contributed by atoms with Crippen molar-refractivity contribution in [1.82, 2.24) is 14.9 Å². The number of ether oxygens (including phenoxy) is 1. The van der Waals surface area contributed by atoms with Crippen molar-refractivity contribution in [3.63, 3.8) is 0 Å². The van der Waals surface area contributed by atoms with Gasteiger partial charge in [0.05, 0.1) is 16.6 Å². The highest BCUT2D eigenvalue weighted by molar-refractivity contribution is 7.22. The van der Waals surface area contributed by atoms with Gasteiger partial charge in [0.1, 0.15) is 5.56 Å². The first kappa shape index (κ1) is 27.1. The Balaban J connectivity index is 1.43. The largest absolute Gasteiger partial charge is 0.435 e. The second-order valence-electron chi connectivity index (χ2n) is 8.34. The van der Waals surface area contributed by atoms with E-state index in [2.05, 4.69) is 15.3 Å². The van der Waals surface area contributed by atoms with Crippen LogP contribution >= 0.6 is 11.3 Å². The number of primary amides is 1. The lowest BCUT2D eigenvalue weighted by Gasteiger charge is -2.09. The molecule has 0 radical (unpaired) electrons. The van der Waals surface area contributed by atoms with Gasteiger partial charge in [-0.1, -0.05) is 29.5 Å². The number of nitrogens with zero attached hydrogens (tertiary/aromatic N) is 3. The Morgan fingerprint density at radius 1 is 1.21 bits per heavy atom. The van der Waals surface area contributed by atoms with Gasteiger partial charge >= 0.3 is 0 Å². The number of amides is 3. The zero-order chi connectivity index (χ0) is 27.9. The highest BCUT2D eigenvalue weighted by Crippen LogP contribution is 2.30. The summed E-state index contributed by atoms with van der Waals surface area (Å²) in [6.07, 6.45) is 7.43. The van der Waals surface area contributed by atoms with Gasteiger partial charge in [-0.05, 0) is 66.1 Å². The van der Waals surface area contributed by atoms with E-state index in [1.54, 1.807) is 19.3 Å². The Morgan fingerprint density at radius 2 is 2.03 bits per heavy atom. The number of nitrogens with one attached hydrogen (secondary N) is 1. The van der Waals surface area contributed by atoms with Crippen molar-refractivity contribution in [1.29, 1.82) is 0 Å². The number of hydrogen-bond acceptors (Lipinski definition) is 7. The number of halogens is 1. The molecule has 3 amide bonds. The standard InChI is InChI=1S/C28H24FN5O4S/c1-3-18(10-12-34(2)16-35)19-7-9-24-22(15-19)32-28(39-24)33-25(36)14-17-6-8-23(21(29)13-17)38-27-20(26(30)37)5-4-11-31-27/h3-13,15-16H,14H2,1-2H3,(H2,30,37)(H,32,33,36)/b12-10-,18-3+. The molecule has 0 aliphatic carbocycles. The van der Waals surface area contributed by atoms with Crippen LogP contribution in [0.5, 0.6) is 11.6 Å². The lowest BCUT2D eigenvalue weighted by molar-refractivity contribution is -0.116. The Bertz CT molecular complexity index is 1610. The molecular weight excluding hydrogens is 521 g/mol. The predicted molar refractivity (Wildman–Crippen MR) is 148 cm³/mol. The van der Waals surface area contributed by atoms with Gasteiger partial charge in [-0.15, -0.1) is 0 Å². The minimum Gasteiger partial charge on any atom is -0.435 e. The van der Waals surface area contributed by atoms with Crippen LogP contribution in [0.1, 0.15) is 28.4 Å². The summed E-state index contributed by atoms with van der Waals surface area (Å²) in [5.41, 5.74) is 8.28. The highest BCUT2D eigenvalue weighted by atomic mass is 32.1. The van der Waals surface area contributed by atoms with Crippen LogP contribution in [-0.4, -0.2) is 40.1 Å². The fraction of sp³-hybridized carbons (Fsp3) is 0.107. The molecule has 9 nitrogen and oxygen atoms in total. The lowest BCUT2D eigenvalue weighted by Crippen LogP contribution is -2.14. The van der Waals surface area contributed by atoms with E-state index in [0.717, 1.165) is 15.8 Å². The molecule has 0 unspecified atom stereocenters. The summed E-state index contributed by atoms with van der Waals surface area (Å²) in [6.45, 7) is 1.90. The normalized spacial score (nSPS) is 11.5. The average Bonchev–Trinajstić information content (AvgIpc) is 3.32. The number of pyridine rings is 1. The molecule has 0 atom stereocenters. The van der Waals surface area contributed by atoms with Crippen molar-refractivity contribution in [2.24, 2.45) is 5.73 Å². The van der Waals surface area contributed by atoms with E-state index >= 15 is 0 Å². The van der Waals surface area contributed by atoms with Crippen LogP contribution in [0, 0.1) is 5.82 Å².